The third kappa shape index (κ3) is 2.67. The Morgan fingerprint density at radius 1 is 0.840 bits per heavy atom. The minimum atomic E-state index is -1.56. The number of hydrogen-bond donors (Lipinski definition) is 0. The molecule has 0 fully saturated rings. The number of hydrogen-bond acceptors (Lipinski definition) is 4. The van der Waals surface area contributed by atoms with E-state index in [0.717, 1.165) is 6.07 Å². The number of fused-ring (bicyclic) bond motifs is 1. The van der Waals surface area contributed by atoms with Crippen LogP contribution in [0.2, 0.25) is 25.1 Å². The topological polar surface area (TPSA) is 77.5 Å². The SMILES string of the molecule is O=C([O-])c1cc(N2C(=O)c3c(Cl)c(Cl)c(Cl)c(Cl)c3C2=O)ccc1Cl. The third-order valence-corrected chi connectivity index (χ3v) is 5.66. The molecule has 0 spiro atoms. The van der Waals surface area contributed by atoms with Gasteiger partial charge in [-0.15, -0.1) is 0 Å². The van der Waals surface area contributed by atoms with E-state index in [0.29, 0.717) is 4.90 Å². The first kappa shape index (κ1) is 18.3. The Morgan fingerprint density at radius 3 is 1.76 bits per heavy atom. The number of benzene rings is 2. The monoisotopic (exact) mass is 436 g/mol. The van der Waals surface area contributed by atoms with Crippen LogP contribution >= 0.6 is 58.0 Å². The number of carboxylic acids is 1. The normalized spacial score (nSPS) is 13.4. The molecule has 0 atom stereocenters. The van der Waals surface area contributed by atoms with Gasteiger partial charge < -0.3 is 9.90 Å². The largest absolute Gasteiger partial charge is 0.545 e. The van der Waals surface area contributed by atoms with E-state index >= 15 is 0 Å². The molecule has 1 aliphatic heterocycles. The molecule has 0 aliphatic carbocycles. The van der Waals surface area contributed by atoms with Gasteiger partial charge in [0.25, 0.3) is 11.8 Å². The number of rotatable bonds is 2. The van der Waals surface area contributed by atoms with Gasteiger partial charge in [0.2, 0.25) is 0 Å². The molecular formula is C15H3Cl5NO4-. The maximum absolute atomic E-state index is 12.7. The van der Waals surface area contributed by atoms with Gasteiger partial charge in [0.05, 0.1) is 42.9 Å². The van der Waals surface area contributed by atoms with Crippen LogP contribution in [-0.4, -0.2) is 17.8 Å². The lowest BCUT2D eigenvalue weighted by Gasteiger charge is -2.16. The Kier molecular flexibility index (Phi) is 4.64. The van der Waals surface area contributed by atoms with E-state index in [-0.39, 0.29) is 47.5 Å². The molecule has 2 aromatic rings. The van der Waals surface area contributed by atoms with Gasteiger partial charge in [-0.1, -0.05) is 58.0 Å². The fraction of sp³-hybridized carbons (Fsp3) is 0. The number of carbonyl (C=O) groups excluding carboxylic acids is 3. The Labute approximate surface area is 165 Å². The summed E-state index contributed by atoms with van der Waals surface area (Å²) >= 11 is 29.7. The number of carbonyl (C=O) groups is 3. The Balaban J connectivity index is 2.23. The second kappa shape index (κ2) is 6.34. The summed E-state index contributed by atoms with van der Waals surface area (Å²) in [5.41, 5.74) is -0.856. The quantitative estimate of drug-likeness (QED) is 0.402. The maximum atomic E-state index is 12.7. The number of carboxylic acid groups (broad SMARTS) is 1. The van der Waals surface area contributed by atoms with Gasteiger partial charge in [-0.05, 0) is 18.2 Å². The molecule has 2 aromatic carbocycles. The lowest BCUT2D eigenvalue weighted by Crippen LogP contribution is -2.30. The van der Waals surface area contributed by atoms with Crippen LogP contribution in [-0.2, 0) is 0 Å². The molecule has 1 heterocycles. The third-order valence-electron chi connectivity index (χ3n) is 3.53. The molecule has 0 bridgehead atoms. The van der Waals surface area contributed by atoms with Crippen LogP contribution in [0.1, 0.15) is 31.1 Å². The predicted molar refractivity (Wildman–Crippen MR) is 93.4 cm³/mol. The summed E-state index contributed by atoms with van der Waals surface area (Å²) < 4.78 is 0. The van der Waals surface area contributed by atoms with Crippen LogP contribution in [0.4, 0.5) is 5.69 Å². The van der Waals surface area contributed by atoms with Crippen molar-refractivity contribution in [1.82, 2.24) is 0 Å². The molecule has 3 rings (SSSR count). The summed E-state index contributed by atoms with van der Waals surface area (Å²) in [6.07, 6.45) is 0. The molecule has 0 saturated heterocycles. The van der Waals surface area contributed by atoms with Crippen molar-refractivity contribution >= 4 is 81.5 Å². The fourth-order valence-electron chi connectivity index (χ4n) is 2.39. The second-order valence-corrected chi connectivity index (χ2v) is 6.82. The number of aromatic carboxylic acids is 1. The number of anilines is 1. The first-order valence-electron chi connectivity index (χ1n) is 6.42. The van der Waals surface area contributed by atoms with Crippen molar-refractivity contribution in [2.45, 2.75) is 0 Å². The second-order valence-electron chi connectivity index (χ2n) is 4.90. The van der Waals surface area contributed by atoms with E-state index in [2.05, 4.69) is 0 Å². The average Bonchev–Trinajstić information content (AvgIpc) is 2.82. The highest BCUT2D eigenvalue weighted by molar-refractivity contribution is 6.56. The van der Waals surface area contributed by atoms with Gasteiger partial charge in [0, 0.05) is 10.6 Å². The summed E-state index contributed by atoms with van der Waals surface area (Å²) in [5.74, 6) is -3.21. The number of imide groups is 1. The van der Waals surface area contributed by atoms with Crippen molar-refractivity contribution in [3.63, 3.8) is 0 Å². The number of amides is 2. The fourth-order valence-corrected chi connectivity index (χ4v) is 3.60. The van der Waals surface area contributed by atoms with Crippen LogP contribution < -0.4 is 10.0 Å². The Morgan fingerprint density at radius 2 is 1.32 bits per heavy atom. The van der Waals surface area contributed by atoms with E-state index in [1.165, 1.54) is 12.1 Å². The lowest BCUT2D eigenvalue weighted by atomic mass is 10.1. The summed E-state index contributed by atoms with van der Waals surface area (Å²) in [6.45, 7) is 0. The standard InChI is InChI=1S/C15H4Cl5NO4/c16-6-2-1-4(3-5(6)15(24)25)21-13(22)7-8(14(21)23)10(18)12(20)11(19)9(7)17/h1-3H,(H,24,25)/p-1. The lowest BCUT2D eigenvalue weighted by molar-refractivity contribution is -0.255. The van der Waals surface area contributed by atoms with Crippen molar-refractivity contribution in [3.8, 4) is 0 Å². The molecular weight excluding hydrogens is 435 g/mol. The molecule has 0 saturated carbocycles. The highest BCUT2D eigenvalue weighted by Gasteiger charge is 2.42. The minimum absolute atomic E-state index is 0.0471. The van der Waals surface area contributed by atoms with Crippen LogP contribution in [0.15, 0.2) is 18.2 Å². The molecule has 25 heavy (non-hydrogen) atoms. The highest BCUT2D eigenvalue weighted by atomic mass is 35.5. The molecule has 0 aromatic heterocycles. The van der Waals surface area contributed by atoms with E-state index in [9.17, 15) is 19.5 Å². The van der Waals surface area contributed by atoms with Crippen molar-refractivity contribution < 1.29 is 19.5 Å². The number of halogens is 5. The van der Waals surface area contributed by atoms with Gasteiger partial charge in [-0.25, -0.2) is 4.90 Å². The highest BCUT2D eigenvalue weighted by Crippen LogP contribution is 2.45. The molecule has 10 heteroatoms. The van der Waals surface area contributed by atoms with Gasteiger partial charge in [-0.2, -0.15) is 0 Å². The minimum Gasteiger partial charge on any atom is -0.545 e. The van der Waals surface area contributed by atoms with Gasteiger partial charge >= 0.3 is 0 Å². The molecule has 128 valence electrons. The van der Waals surface area contributed by atoms with Gasteiger partial charge in [0.15, 0.2) is 0 Å². The first-order chi connectivity index (χ1) is 11.7. The Bertz CT molecular complexity index is 942. The molecule has 5 nitrogen and oxygen atoms in total. The van der Waals surface area contributed by atoms with Crippen LogP contribution in [0.5, 0.6) is 0 Å². The van der Waals surface area contributed by atoms with Gasteiger partial charge in [0.1, 0.15) is 0 Å². The molecule has 0 radical (unpaired) electrons. The molecule has 1 aliphatic rings. The van der Waals surface area contributed by atoms with Crippen LogP contribution in [0.3, 0.4) is 0 Å². The average molecular weight is 438 g/mol. The smallest absolute Gasteiger partial charge is 0.267 e. The van der Waals surface area contributed by atoms with Crippen molar-refractivity contribution in [1.29, 1.82) is 0 Å². The van der Waals surface area contributed by atoms with Crippen molar-refractivity contribution in [2.24, 2.45) is 0 Å². The zero-order chi connectivity index (χ0) is 18.6. The van der Waals surface area contributed by atoms with E-state index in [1.54, 1.807) is 0 Å². The van der Waals surface area contributed by atoms with E-state index in [4.69, 9.17) is 58.0 Å². The Hall–Kier alpha value is -1.50. The summed E-state index contributed by atoms with van der Waals surface area (Å²) in [4.78, 5) is 37.2. The van der Waals surface area contributed by atoms with Gasteiger partial charge in [-0.3, -0.25) is 9.59 Å². The first-order valence-corrected chi connectivity index (χ1v) is 8.31. The van der Waals surface area contributed by atoms with Crippen LogP contribution in [0, 0.1) is 0 Å². The molecule has 0 unspecified atom stereocenters. The predicted octanol–water partition coefficient (Wildman–Crippen LogP) is 4.12. The van der Waals surface area contributed by atoms with E-state index < -0.39 is 17.8 Å². The van der Waals surface area contributed by atoms with E-state index in [1.807, 2.05) is 0 Å². The molecule has 2 amide bonds. The van der Waals surface area contributed by atoms with Crippen molar-refractivity contribution in [3.05, 3.63) is 60.0 Å². The molecule has 0 N–H and O–H groups in total. The van der Waals surface area contributed by atoms with Crippen LogP contribution in [0.25, 0.3) is 0 Å². The zero-order valence-corrected chi connectivity index (χ0v) is 15.5. The summed E-state index contributed by atoms with van der Waals surface area (Å²) in [5, 5.41) is 10.2. The zero-order valence-electron chi connectivity index (χ0n) is 11.7. The summed E-state index contributed by atoms with van der Waals surface area (Å²) in [7, 11) is 0. The number of nitrogens with zero attached hydrogens (tertiary/aromatic N) is 1. The summed E-state index contributed by atoms with van der Waals surface area (Å²) in [6, 6.07) is 3.54. The van der Waals surface area contributed by atoms with Crippen molar-refractivity contribution in [2.75, 3.05) is 4.90 Å². The maximum Gasteiger partial charge on any atom is 0.267 e.